The van der Waals surface area contributed by atoms with Crippen LogP contribution in [-0.2, 0) is 4.74 Å². The number of thiophene rings is 1. The molecule has 0 aliphatic heterocycles. The predicted octanol–water partition coefficient (Wildman–Crippen LogP) is 1.77. The molecule has 0 bridgehead atoms. The molecule has 0 unspecified atom stereocenters. The lowest BCUT2D eigenvalue weighted by Gasteiger charge is -2.00. The van der Waals surface area contributed by atoms with Gasteiger partial charge in [0.1, 0.15) is 10.4 Å². The first-order chi connectivity index (χ1) is 7.22. The van der Waals surface area contributed by atoms with Crippen molar-refractivity contribution in [2.45, 2.75) is 6.92 Å². The van der Waals surface area contributed by atoms with Crippen molar-refractivity contribution >= 4 is 27.5 Å². The molecule has 2 rings (SSSR count). The quantitative estimate of drug-likeness (QED) is 0.789. The number of hydrogen-bond acceptors (Lipinski definition) is 4. The van der Waals surface area contributed by atoms with E-state index in [2.05, 4.69) is 4.98 Å². The average Bonchev–Trinajstić information content (AvgIpc) is 2.63. The first-order valence-electron chi connectivity index (χ1n) is 4.50. The second-order valence-corrected chi connectivity index (χ2v) is 3.85. The van der Waals surface area contributed by atoms with Gasteiger partial charge in [-0.1, -0.05) is 0 Å². The van der Waals surface area contributed by atoms with Crippen LogP contribution in [0.3, 0.4) is 0 Å². The minimum atomic E-state index is -0.577. The van der Waals surface area contributed by atoms with Gasteiger partial charge in [-0.05, 0) is 24.4 Å². The van der Waals surface area contributed by atoms with E-state index < -0.39 is 11.5 Å². The second-order valence-electron chi connectivity index (χ2n) is 2.94. The number of esters is 1. The molecule has 15 heavy (non-hydrogen) atoms. The van der Waals surface area contributed by atoms with Crippen LogP contribution < -0.4 is 5.56 Å². The summed E-state index contributed by atoms with van der Waals surface area (Å²) in [6.45, 7) is 1.97. The Bertz CT molecular complexity index is 555. The van der Waals surface area contributed by atoms with Crippen molar-refractivity contribution in [3.63, 3.8) is 0 Å². The average molecular weight is 223 g/mol. The summed E-state index contributed by atoms with van der Waals surface area (Å²) in [5, 5.41) is 2.71. The number of fused-ring (bicyclic) bond motifs is 1. The molecule has 0 atom stereocenters. The second kappa shape index (κ2) is 3.86. The topological polar surface area (TPSA) is 59.2 Å². The zero-order valence-corrected chi connectivity index (χ0v) is 8.89. The van der Waals surface area contributed by atoms with Gasteiger partial charge in [0.25, 0.3) is 5.56 Å². The van der Waals surface area contributed by atoms with Crippen molar-refractivity contribution in [1.29, 1.82) is 0 Å². The fourth-order valence-electron chi connectivity index (χ4n) is 1.29. The molecule has 0 spiro atoms. The molecule has 1 N–H and O–H groups in total. The molecule has 0 aliphatic carbocycles. The highest BCUT2D eigenvalue weighted by Crippen LogP contribution is 2.17. The molecular formula is C10H9NO3S. The molecular weight excluding hydrogens is 214 g/mol. The summed E-state index contributed by atoms with van der Waals surface area (Å²) in [5.41, 5.74) is -0.342. The Hall–Kier alpha value is -1.62. The van der Waals surface area contributed by atoms with E-state index in [1.54, 1.807) is 13.0 Å². The lowest BCUT2D eigenvalue weighted by atomic mass is 10.2. The highest BCUT2D eigenvalue weighted by atomic mass is 32.1. The molecule has 0 amide bonds. The first kappa shape index (κ1) is 9.92. The van der Waals surface area contributed by atoms with Crippen molar-refractivity contribution in [3.8, 4) is 0 Å². The standard InChI is InChI=1S/C10H9NO3S/c1-2-14-10(13)7-5-6-3-4-15-9(6)11-8(7)12/h3-5H,2H2,1H3,(H,11,12). The predicted molar refractivity (Wildman–Crippen MR) is 58.4 cm³/mol. The SMILES string of the molecule is CCOC(=O)c1cc2ccsc2[nH]c1=O. The van der Waals surface area contributed by atoms with E-state index in [9.17, 15) is 9.59 Å². The monoisotopic (exact) mass is 223 g/mol. The number of aromatic nitrogens is 1. The van der Waals surface area contributed by atoms with Crippen LogP contribution in [0.25, 0.3) is 10.2 Å². The molecule has 0 radical (unpaired) electrons. The number of hydrogen-bond donors (Lipinski definition) is 1. The Morgan fingerprint density at radius 3 is 3.13 bits per heavy atom. The maximum atomic E-state index is 11.5. The third-order valence-corrected chi connectivity index (χ3v) is 2.81. The molecule has 0 saturated heterocycles. The van der Waals surface area contributed by atoms with Crippen LogP contribution in [0, 0.1) is 0 Å². The van der Waals surface area contributed by atoms with Crippen LogP contribution in [0.4, 0.5) is 0 Å². The van der Waals surface area contributed by atoms with Crippen LogP contribution in [-0.4, -0.2) is 17.6 Å². The smallest absolute Gasteiger partial charge is 0.343 e. The van der Waals surface area contributed by atoms with Crippen molar-refractivity contribution in [2.24, 2.45) is 0 Å². The number of H-pyrrole nitrogens is 1. The fourth-order valence-corrected chi connectivity index (χ4v) is 2.05. The number of carbonyl (C=O) groups is 1. The number of pyridine rings is 1. The Labute approximate surface area is 89.5 Å². The van der Waals surface area contributed by atoms with Gasteiger partial charge in [0.15, 0.2) is 0 Å². The number of aromatic amines is 1. The zero-order chi connectivity index (χ0) is 10.8. The van der Waals surface area contributed by atoms with E-state index in [1.165, 1.54) is 11.3 Å². The van der Waals surface area contributed by atoms with Gasteiger partial charge in [-0.15, -0.1) is 11.3 Å². The molecule has 0 aromatic carbocycles. The number of nitrogens with one attached hydrogen (secondary N) is 1. The van der Waals surface area contributed by atoms with Gasteiger partial charge in [-0.2, -0.15) is 0 Å². The summed E-state index contributed by atoms with van der Waals surface area (Å²) in [6, 6.07) is 3.40. The molecule has 0 saturated carbocycles. The van der Waals surface area contributed by atoms with Crippen LogP contribution >= 0.6 is 11.3 Å². The maximum absolute atomic E-state index is 11.5. The molecule has 5 heteroatoms. The molecule has 4 nitrogen and oxygen atoms in total. The number of ether oxygens (including phenoxy) is 1. The normalized spacial score (nSPS) is 10.5. The molecule has 2 aromatic rings. The van der Waals surface area contributed by atoms with Crippen LogP contribution in [0.5, 0.6) is 0 Å². The maximum Gasteiger partial charge on any atom is 0.343 e. The molecule has 2 heterocycles. The Balaban J connectivity index is 2.55. The molecule has 2 aromatic heterocycles. The van der Waals surface area contributed by atoms with Gasteiger partial charge < -0.3 is 9.72 Å². The fraction of sp³-hybridized carbons (Fsp3) is 0.200. The molecule has 0 aliphatic rings. The van der Waals surface area contributed by atoms with Crippen LogP contribution in [0.1, 0.15) is 17.3 Å². The Morgan fingerprint density at radius 1 is 1.60 bits per heavy atom. The summed E-state index contributed by atoms with van der Waals surface area (Å²) in [7, 11) is 0. The van der Waals surface area contributed by atoms with Crippen molar-refractivity contribution in [1.82, 2.24) is 4.98 Å². The third kappa shape index (κ3) is 1.78. The van der Waals surface area contributed by atoms with E-state index in [0.29, 0.717) is 0 Å². The van der Waals surface area contributed by atoms with E-state index in [4.69, 9.17) is 4.74 Å². The molecule has 78 valence electrons. The third-order valence-electron chi connectivity index (χ3n) is 1.96. The first-order valence-corrected chi connectivity index (χ1v) is 5.38. The Morgan fingerprint density at radius 2 is 2.40 bits per heavy atom. The minimum Gasteiger partial charge on any atom is -0.462 e. The van der Waals surface area contributed by atoms with Crippen LogP contribution in [0.2, 0.25) is 0 Å². The summed E-state index contributed by atoms with van der Waals surface area (Å²) < 4.78 is 4.78. The van der Waals surface area contributed by atoms with E-state index in [1.807, 2.05) is 11.4 Å². The van der Waals surface area contributed by atoms with Gasteiger partial charge >= 0.3 is 5.97 Å². The largest absolute Gasteiger partial charge is 0.462 e. The molecule has 0 fully saturated rings. The van der Waals surface area contributed by atoms with E-state index in [0.717, 1.165) is 10.2 Å². The summed E-state index contributed by atoms with van der Waals surface area (Å²) in [5.74, 6) is -0.577. The highest BCUT2D eigenvalue weighted by Gasteiger charge is 2.12. The van der Waals surface area contributed by atoms with E-state index >= 15 is 0 Å². The summed E-state index contributed by atoms with van der Waals surface area (Å²) >= 11 is 1.43. The van der Waals surface area contributed by atoms with Crippen LogP contribution in [0.15, 0.2) is 22.3 Å². The van der Waals surface area contributed by atoms with Gasteiger partial charge in [0.2, 0.25) is 0 Å². The summed E-state index contributed by atoms with van der Waals surface area (Å²) in [6.07, 6.45) is 0. The van der Waals surface area contributed by atoms with Crippen molar-refractivity contribution < 1.29 is 9.53 Å². The zero-order valence-electron chi connectivity index (χ0n) is 8.07. The van der Waals surface area contributed by atoms with E-state index in [-0.39, 0.29) is 12.2 Å². The minimum absolute atomic E-state index is 0.0581. The number of carbonyl (C=O) groups excluding carboxylic acids is 1. The van der Waals surface area contributed by atoms with Gasteiger partial charge in [-0.3, -0.25) is 4.79 Å². The van der Waals surface area contributed by atoms with Crippen molar-refractivity contribution in [2.75, 3.05) is 6.61 Å². The summed E-state index contributed by atoms with van der Waals surface area (Å²) in [4.78, 5) is 26.3. The van der Waals surface area contributed by atoms with Gasteiger partial charge in [0, 0.05) is 5.39 Å². The lowest BCUT2D eigenvalue weighted by molar-refractivity contribution is 0.0524. The van der Waals surface area contributed by atoms with Gasteiger partial charge in [0.05, 0.1) is 6.61 Å². The lowest BCUT2D eigenvalue weighted by Crippen LogP contribution is -2.19. The van der Waals surface area contributed by atoms with Crippen molar-refractivity contribution in [3.05, 3.63) is 33.4 Å². The number of rotatable bonds is 2. The Kier molecular flexibility index (Phi) is 2.55. The van der Waals surface area contributed by atoms with Gasteiger partial charge in [-0.25, -0.2) is 4.79 Å². The highest BCUT2D eigenvalue weighted by molar-refractivity contribution is 7.16.